The van der Waals surface area contributed by atoms with Crippen LogP contribution >= 0.6 is 0 Å². The van der Waals surface area contributed by atoms with E-state index in [9.17, 15) is 5.11 Å². The van der Waals surface area contributed by atoms with E-state index in [0.717, 1.165) is 19.1 Å². The summed E-state index contributed by atoms with van der Waals surface area (Å²) < 4.78 is 11.7. The first-order chi connectivity index (χ1) is 8.38. The van der Waals surface area contributed by atoms with Crippen molar-refractivity contribution in [2.45, 2.75) is 53.4 Å². The number of hydrogen-bond donors (Lipinski definition) is 1. The standard InChI is InChI=1S/C13H31NO3Si/c1-7-14(13(5)15)10-12(4)11-18(6,16-8-2)17-9-3/h12-13,15H,7-11H2,1-6H3. The normalized spacial score (nSPS) is 16.0. The van der Waals surface area contributed by atoms with Crippen molar-refractivity contribution in [3.8, 4) is 0 Å². The molecule has 0 aliphatic rings. The van der Waals surface area contributed by atoms with Gasteiger partial charge in [0.1, 0.15) is 6.23 Å². The second kappa shape index (κ2) is 9.04. The Kier molecular flexibility index (Phi) is 9.07. The number of aliphatic hydroxyl groups excluding tert-OH is 1. The van der Waals surface area contributed by atoms with Gasteiger partial charge in [-0.15, -0.1) is 0 Å². The molecule has 1 N–H and O–H groups in total. The fraction of sp³-hybridized carbons (Fsp3) is 1.00. The third-order valence-electron chi connectivity index (χ3n) is 3.10. The van der Waals surface area contributed by atoms with Crippen LogP contribution in [0.4, 0.5) is 0 Å². The summed E-state index contributed by atoms with van der Waals surface area (Å²) in [6, 6.07) is 0.970. The molecule has 0 heterocycles. The molecule has 0 aromatic rings. The molecular formula is C13H31NO3Si. The second-order valence-corrected chi connectivity index (χ2v) is 8.28. The minimum atomic E-state index is -2.04. The van der Waals surface area contributed by atoms with E-state index < -0.39 is 8.56 Å². The smallest absolute Gasteiger partial charge is 0.335 e. The summed E-state index contributed by atoms with van der Waals surface area (Å²) in [6.45, 7) is 15.4. The van der Waals surface area contributed by atoms with Gasteiger partial charge in [-0.05, 0) is 45.8 Å². The number of aliphatic hydroxyl groups is 1. The molecule has 0 fully saturated rings. The number of nitrogens with zero attached hydrogens (tertiary/aromatic N) is 1. The van der Waals surface area contributed by atoms with E-state index in [1.807, 2.05) is 20.8 Å². The van der Waals surface area contributed by atoms with Crippen LogP contribution in [0.3, 0.4) is 0 Å². The summed E-state index contributed by atoms with van der Waals surface area (Å²) in [5.41, 5.74) is 0. The Morgan fingerprint density at radius 1 is 1.11 bits per heavy atom. The molecule has 110 valence electrons. The van der Waals surface area contributed by atoms with E-state index >= 15 is 0 Å². The Morgan fingerprint density at radius 2 is 1.61 bits per heavy atom. The van der Waals surface area contributed by atoms with Crippen LogP contribution in [-0.4, -0.2) is 51.1 Å². The van der Waals surface area contributed by atoms with Crippen molar-refractivity contribution in [2.24, 2.45) is 5.92 Å². The van der Waals surface area contributed by atoms with Crippen LogP contribution in [0.15, 0.2) is 0 Å². The van der Waals surface area contributed by atoms with Gasteiger partial charge in [-0.25, -0.2) is 0 Å². The zero-order valence-electron chi connectivity index (χ0n) is 12.9. The molecule has 2 unspecified atom stereocenters. The first-order valence-electron chi connectivity index (χ1n) is 7.08. The highest BCUT2D eigenvalue weighted by Crippen LogP contribution is 2.21. The second-order valence-electron chi connectivity index (χ2n) is 5.03. The van der Waals surface area contributed by atoms with Gasteiger partial charge >= 0.3 is 8.56 Å². The molecule has 0 saturated carbocycles. The Labute approximate surface area is 114 Å². The molecule has 2 atom stereocenters. The van der Waals surface area contributed by atoms with Gasteiger partial charge in [0.05, 0.1) is 0 Å². The molecule has 0 amide bonds. The minimum Gasteiger partial charge on any atom is -0.395 e. The summed E-state index contributed by atoms with van der Waals surface area (Å²) in [5, 5.41) is 9.64. The van der Waals surface area contributed by atoms with Crippen molar-refractivity contribution in [2.75, 3.05) is 26.3 Å². The topological polar surface area (TPSA) is 41.9 Å². The summed E-state index contributed by atoms with van der Waals surface area (Å²) in [4.78, 5) is 2.07. The molecule has 0 aromatic carbocycles. The lowest BCUT2D eigenvalue weighted by Gasteiger charge is -2.32. The molecule has 0 saturated heterocycles. The SMILES string of the molecule is CCO[Si](C)(CC(C)CN(CC)C(C)O)OCC. The van der Waals surface area contributed by atoms with Gasteiger partial charge in [0, 0.05) is 19.8 Å². The fourth-order valence-corrected chi connectivity index (χ4v) is 5.35. The molecule has 0 spiro atoms. The maximum Gasteiger partial charge on any atom is 0.335 e. The van der Waals surface area contributed by atoms with Crippen LogP contribution in [0, 0.1) is 5.92 Å². The van der Waals surface area contributed by atoms with Crippen LogP contribution in [0.25, 0.3) is 0 Å². The van der Waals surface area contributed by atoms with Crippen LogP contribution in [0.1, 0.15) is 34.6 Å². The van der Waals surface area contributed by atoms with E-state index in [2.05, 4.69) is 25.3 Å². The molecule has 5 heteroatoms. The van der Waals surface area contributed by atoms with E-state index in [-0.39, 0.29) is 6.23 Å². The maximum absolute atomic E-state index is 9.64. The first-order valence-corrected chi connectivity index (χ1v) is 9.60. The van der Waals surface area contributed by atoms with Crippen molar-refractivity contribution in [1.29, 1.82) is 0 Å². The monoisotopic (exact) mass is 277 g/mol. The highest BCUT2D eigenvalue weighted by molar-refractivity contribution is 6.66. The predicted molar refractivity (Wildman–Crippen MR) is 77.8 cm³/mol. The lowest BCUT2D eigenvalue weighted by atomic mass is 10.2. The number of hydrogen-bond acceptors (Lipinski definition) is 4. The van der Waals surface area contributed by atoms with Gasteiger partial charge in [0.15, 0.2) is 0 Å². The summed E-state index contributed by atoms with van der Waals surface area (Å²) in [7, 11) is -2.04. The van der Waals surface area contributed by atoms with Crippen molar-refractivity contribution in [3.63, 3.8) is 0 Å². The highest BCUT2D eigenvalue weighted by Gasteiger charge is 2.33. The zero-order valence-corrected chi connectivity index (χ0v) is 13.9. The Balaban J connectivity index is 4.36. The first kappa shape index (κ1) is 18.1. The lowest BCUT2D eigenvalue weighted by Crippen LogP contribution is -2.43. The predicted octanol–water partition coefficient (Wildman–Crippen LogP) is 2.43. The van der Waals surface area contributed by atoms with Gasteiger partial charge in [-0.3, -0.25) is 4.90 Å². The zero-order chi connectivity index (χ0) is 14.2. The third kappa shape index (κ3) is 6.85. The van der Waals surface area contributed by atoms with Gasteiger partial charge in [-0.1, -0.05) is 13.8 Å². The molecule has 0 aliphatic carbocycles. The summed E-state index contributed by atoms with van der Waals surface area (Å²) >= 11 is 0. The van der Waals surface area contributed by atoms with E-state index in [1.165, 1.54) is 0 Å². The summed E-state index contributed by atoms with van der Waals surface area (Å²) in [5.74, 6) is 0.467. The lowest BCUT2D eigenvalue weighted by molar-refractivity contribution is 0.0139. The quantitative estimate of drug-likeness (QED) is 0.492. The molecule has 0 bridgehead atoms. The van der Waals surface area contributed by atoms with Gasteiger partial charge in [0.2, 0.25) is 0 Å². The highest BCUT2D eigenvalue weighted by atomic mass is 28.4. The Hall–Kier alpha value is 0.0569. The Morgan fingerprint density at radius 3 is 1.94 bits per heavy atom. The number of rotatable bonds is 10. The van der Waals surface area contributed by atoms with Crippen LogP contribution < -0.4 is 0 Å². The molecule has 0 aliphatic heterocycles. The minimum absolute atomic E-state index is 0.385. The third-order valence-corrected chi connectivity index (χ3v) is 6.34. The van der Waals surface area contributed by atoms with Gasteiger partial charge < -0.3 is 14.0 Å². The molecule has 4 nitrogen and oxygen atoms in total. The fourth-order valence-electron chi connectivity index (χ4n) is 2.41. The molecule has 0 aromatic heterocycles. The van der Waals surface area contributed by atoms with Crippen molar-refractivity contribution in [3.05, 3.63) is 0 Å². The van der Waals surface area contributed by atoms with Gasteiger partial charge in [0.25, 0.3) is 0 Å². The van der Waals surface area contributed by atoms with Crippen LogP contribution in [0.5, 0.6) is 0 Å². The molecule has 0 radical (unpaired) electrons. The average Bonchev–Trinajstić information content (AvgIpc) is 2.25. The van der Waals surface area contributed by atoms with E-state index in [4.69, 9.17) is 8.85 Å². The molecule has 18 heavy (non-hydrogen) atoms. The average molecular weight is 277 g/mol. The van der Waals surface area contributed by atoms with Crippen LogP contribution in [-0.2, 0) is 8.85 Å². The maximum atomic E-state index is 9.64. The Bertz CT molecular complexity index is 208. The molecule has 0 rings (SSSR count). The molecular weight excluding hydrogens is 246 g/mol. The van der Waals surface area contributed by atoms with E-state index in [1.54, 1.807) is 0 Å². The van der Waals surface area contributed by atoms with E-state index in [0.29, 0.717) is 19.1 Å². The largest absolute Gasteiger partial charge is 0.395 e. The van der Waals surface area contributed by atoms with Gasteiger partial charge in [-0.2, -0.15) is 0 Å². The van der Waals surface area contributed by atoms with Crippen molar-refractivity contribution < 1.29 is 14.0 Å². The summed E-state index contributed by atoms with van der Waals surface area (Å²) in [6.07, 6.45) is -0.385. The van der Waals surface area contributed by atoms with Crippen molar-refractivity contribution in [1.82, 2.24) is 4.90 Å². The van der Waals surface area contributed by atoms with Crippen LogP contribution in [0.2, 0.25) is 12.6 Å². The van der Waals surface area contributed by atoms with Crippen molar-refractivity contribution >= 4 is 8.56 Å².